The number of anilines is 2. The molecule has 0 radical (unpaired) electrons. The van der Waals surface area contributed by atoms with E-state index < -0.39 is 33.8 Å². The first-order chi connectivity index (χ1) is 18.1. The van der Waals surface area contributed by atoms with Crippen molar-refractivity contribution in [1.82, 2.24) is 14.9 Å². The maximum atomic E-state index is 13.6. The number of fused-ring (bicyclic) bond motifs is 2. The van der Waals surface area contributed by atoms with Gasteiger partial charge in [0.25, 0.3) is 5.56 Å². The number of aryl methyl sites for hydroxylation is 1. The Labute approximate surface area is 218 Å². The smallest absolute Gasteiger partial charge is 0.264 e. The normalized spacial score (nSPS) is 20.7. The average molecular weight is 536 g/mol. The van der Waals surface area contributed by atoms with Crippen LogP contribution in [-0.2, 0) is 35.4 Å². The first-order valence-corrected chi connectivity index (χ1v) is 13.9. The first kappa shape index (κ1) is 24.4. The second-order valence-electron chi connectivity index (χ2n) is 9.91. The number of sulfonamides is 1. The van der Waals surface area contributed by atoms with E-state index in [1.165, 1.54) is 22.8 Å². The number of aromatic nitrogens is 2. The molecule has 2 atom stereocenters. The highest BCUT2D eigenvalue weighted by Crippen LogP contribution is 2.38. The Balaban J connectivity index is 1.38. The van der Waals surface area contributed by atoms with Crippen LogP contribution >= 0.6 is 0 Å². The van der Waals surface area contributed by atoms with Crippen molar-refractivity contribution in [2.24, 2.45) is 5.92 Å². The molecule has 11 nitrogen and oxygen atoms in total. The zero-order chi connectivity index (χ0) is 26.8. The average Bonchev–Trinajstić information content (AvgIpc) is 3.63. The summed E-state index contributed by atoms with van der Waals surface area (Å²) in [5, 5.41) is 2.25. The van der Waals surface area contributed by atoms with Gasteiger partial charge in [-0.15, -0.1) is 0 Å². The maximum absolute atomic E-state index is 13.6. The third kappa shape index (κ3) is 4.09. The maximum Gasteiger partial charge on any atom is 0.264 e. The van der Waals surface area contributed by atoms with E-state index in [2.05, 4.69) is 15.0 Å². The second kappa shape index (κ2) is 8.84. The third-order valence-corrected chi connectivity index (χ3v) is 8.69. The Morgan fingerprint density at radius 2 is 1.92 bits per heavy atom. The molecule has 3 amide bonds. The van der Waals surface area contributed by atoms with Crippen LogP contribution in [0.4, 0.5) is 11.4 Å². The van der Waals surface area contributed by atoms with Crippen LogP contribution in [0.15, 0.2) is 46.1 Å². The number of nitrogens with zero attached hydrogens (tertiary/aromatic N) is 3. The zero-order valence-electron chi connectivity index (χ0n) is 20.6. The fraction of sp³-hybridized carbons (Fsp3) is 0.346. The van der Waals surface area contributed by atoms with Crippen LogP contribution in [0.2, 0.25) is 0 Å². The molecule has 3 heterocycles. The molecule has 1 saturated heterocycles. The molecule has 1 saturated carbocycles. The van der Waals surface area contributed by atoms with Crippen molar-refractivity contribution in [3.05, 3.63) is 58.1 Å². The summed E-state index contributed by atoms with van der Waals surface area (Å²) in [5.41, 5.74) is 1.21. The van der Waals surface area contributed by atoms with E-state index in [-0.39, 0.29) is 52.0 Å². The minimum atomic E-state index is -4.15. The SMILES string of the molecule is Cc1nc2cccc(N[S+](=O)([O-])c3ccc4c(c3)N(C(=O)C3CC3)CC4)c2c(=O)n1C1CCC(=O)NC1=O. The number of benzene rings is 2. The van der Waals surface area contributed by atoms with E-state index >= 15 is 0 Å². The number of rotatable bonds is 5. The molecule has 3 aliphatic rings. The number of piperidine rings is 1. The molecule has 0 spiro atoms. The Morgan fingerprint density at radius 3 is 2.66 bits per heavy atom. The Hall–Kier alpha value is -3.90. The van der Waals surface area contributed by atoms with Crippen molar-refractivity contribution in [1.29, 1.82) is 0 Å². The summed E-state index contributed by atoms with van der Waals surface area (Å²) in [6.07, 6.45) is 2.59. The number of nitrogens with one attached hydrogen (secondary N) is 2. The van der Waals surface area contributed by atoms with Gasteiger partial charge in [-0.05, 0) is 56.4 Å². The molecule has 2 unspecified atom stereocenters. The summed E-state index contributed by atoms with van der Waals surface area (Å²) in [7, 11) is -4.15. The molecule has 1 aliphatic carbocycles. The monoisotopic (exact) mass is 535 g/mol. The van der Waals surface area contributed by atoms with Crippen molar-refractivity contribution in [2.45, 2.75) is 50.0 Å². The standard InChI is InChI=1S/C26H25N5O6S/c1-14-27-18-3-2-4-19(23(18)26(35)31(14)20-9-10-22(32)28-24(20)33)29-38(36,37)17-8-7-15-11-12-30(21(15)13-17)25(34)16-5-6-16/h2-4,7-8,13,16,20H,5-6,9-12H2,1H3,(H2-,28,29,32,33,35,36,37). The predicted octanol–water partition coefficient (Wildman–Crippen LogP) is 2.00. The highest BCUT2D eigenvalue weighted by molar-refractivity contribution is 7.99. The number of amides is 3. The van der Waals surface area contributed by atoms with Crippen LogP contribution in [0.5, 0.6) is 0 Å². The fourth-order valence-corrected chi connectivity index (χ4v) is 6.34. The Kier molecular flexibility index (Phi) is 5.69. The van der Waals surface area contributed by atoms with Gasteiger partial charge in [0.2, 0.25) is 17.7 Å². The van der Waals surface area contributed by atoms with Gasteiger partial charge in [-0.1, -0.05) is 16.3 Å². The van der Waals surface area contributed by atoms with E-state index in [0.29, 0.717) is 18.7 Å². The van der Waals surface area contributed by atoms with Gasteiger partial charge in [-0.2, -0.15) is 0 Å². The molecule has 2 N–H and O–H groups in total. The summed E-state index contributed by atoms with van der Waals surface area (Å²) in [6.45, 7) is 2.11. The molecule has 2 aliphatic heterocycles. The van der Waals surface area contributed by atoms with Gasteiger partial charge in [0.1, 0.15) is 11.9 Å². The van der Waals surface area contributed by atoms with Crippen LogP contribution in [0.25, 0.3) is 10.9 Å². The van der Waals surface area contributed by atoms with Crippen LogP contribution in [0.1, 0.15) is 43.1 Å². The molecule has 12 heteroatoms. The molecular weight excluding hydrogens is 510 g/mol. The summed E-state index contributed by atoms with van der Waals surface area (Å²) in [5.74, 6) is -0.704. The van der Waals surface area contributed by atoms with E-state index in [4.69, 9.17) is 0 Å². The lowest BCUT2D eigenvalue weighted by molar-refractivity contribution is -0.135. The van der Waals surface area contributed by atoms with E-state index in [0.717, 1.165) is 18.4 Å². The van der Waals surface area contributed by atoms with E-state index in [1.807, 2.05) is 0 Å². The molecule has 2 fully saturated rings. The molecule has 6 rings (SSSR count). The molecular formula is C26H25N5O6S. The van der Waals surface area contributed by atoms with Gasteiger partial charge < -0.3 is 9.45 Å². The van der Waals surface area contributed by atoms with Crippen molar-refractivity contribution < 1.29 is 23.1 Å². The third-order valence-electron chi connectivity index (χ3n) is 7.33. The van der Waals surface area contributed by atoms with Gasteiger partial charge in [-0.3, -0.25) is 29.1 Å². The zero-order valence-corrected chi connectivity index (χ0v) is 21.4. The number of carbonyl (C=O) groups is 3. The Bertz CT molecular complexity index is 1650. The highest BCUT2D eigenvalue weighted by Gasteiger charge is 2.38. The topological polar surface area (TPSA) is 154 Å². The quantitative estimate of drug-likeness (QED) is 0.374. The van der Waals surface area contributed by atoms with Crippen LogP contribution in [0, 0.1) is 12.8 Å². The molecule has 2 aromatic carbocycles. The largest absolute Gasteiger partial charge is 0.588 e. The molecule has 38 heavy (non-hydrogen) atoms. The van der Waals surface area contributed by atoms with Crippen LogP contribution in [0.3, 0.4) is 0 Å². The summed E-state index contributed by atoms with van der Waals surface area (Å²) < 4.78 is 30.7. The molecule has 3 aromatic rings. The van der Waals surface area contributed by atoms with Crippen molar-refractivity contribution in [3.8, 4) is 0 Å². The van der Waals surface area contributed by atoms with Crippen LogP contribution < -0.4 is 20.5 Å². The number of imide groups is 1. The van der Waals surface area contributed by atoms with Crippen molar-refractivity contribution in [2.75, 3.05) is 16.2 Å². The minimum absolute atomic E-state index is 0.0116. The lowest BCUT2D eigenvalue weighted by Crippen LogP contribution is -2.45. The minimum Gasteiger partial charge on any atom is -0.588 e. The van der Waals surface area contributed by atoms with Crippen molar-refractivity contribution >= 4 is 50.4 Å². The summed E-state index contributed by atoms with van der Waals surface area (Å²) in [6, 6.07) is 8.40. The highest BCUT2D eigenvalue weighted by atomic mass is 32.3. The van der Waals surface area contributed by atoms with E-state index in [1.54, 1.807) is 30.0 Å². The fourth-order valence-electron chi connectivity index (χ4n) is 5.24. The number of hydrogen-bond acceptors (Lipinski definition) is 7. The van der Waals surface area contributed by atoms with E-state index in [9.17, 15) is 27.9 Å². The second-order valence-corrected chi connectivity index (χ2v) is 11.6. The summed E-state index contributed by atoms with van der Waals surface area (Å²) >= 11 is 0. The van der Waals surface area contributed by atoms with Gasteiger partial charge in [0.05, 0.1) is 22.3 Å². The van der Waals surface area contributed by atoms with Gasteiger partial charge in [0, 0.05) is 24.9 Å². The lowest BCUT2D eigenvalue weighted by Gasteiger charge is -2.25. The van der Waals surface area contributed by atoms with Gasteiger partial charge >= 0.3 is 0 Å². The molecule has 196 valence electrons. The molecule has 1 aromatic heterocycles. The van der Waals surface area contributed by atoms with Gasteiger partial charge in [0.15, 0.2) is 15.3 Å². The predicted molar refractivity (Wildman–Crippen MR) is 138 cm³/mol. The van der Waals surface area contributed by atoms with Crippen LogP contribution in [-0.4, -0.2) is 38.4 Å². The number of hydrogen-bond donors (Lipinski definition) is 2. The van der Waals surface area contributed by atoms with Crippen molar-refractivity contribution in [3.63, 3.8) is 0 Å². The Morgan fingerprint density at radius 1 is 1.13 bits per heavy atom. The van der Waals surface area contributed by atoms with Gasteiger partial charge in [-0.25, -0.2) is 9.71 Å². The molecule has 0 bridgehead atoms. The summed E-state index contributed by atoms with van der Waals surface area (Å²) in [4.78, 5) is 56.5. The number of carbonyl (C=O) groups excluding carboxylic acids is 3. The first-order valence-electron chi connectivity index (χ1n) is 12.5. The lowest BCUT2D eigenvalue weighted by atomic mass is 10.1.